The minimum Gasteiger partial charge on any atom is -0.322 e. The molecule has 8 nitrogen and oxygen atoms in total. The molecule has 1 amide bonds. The van der Waals surface area contributed by atoms with Crippen LogP contribution in [0.1, 0.15) is 41.5 Å². The lowest BCUT2D eigenvalue weighted by molar-refractivity contribution is 0.102. The van der Waals surface area contributed by atoms with Crippen LogP contribution < -0.4 is 5.32 Å². The Kier molecular flexibility index (Phi) is 5.57. The summed E-state index contributed by atoms with van der Waals surface area (Å²) in [6, 6.07) is 8.08. The second-order valence-corrected chi connectivity index (χ2v) is 10.2. The molecule has 3 heterocycles. The van der Waals surface area contributed by atoms with Gasteiger partial charge in [-0.15, -0.1) is 0 Å². The Bertz CT molecular complexity index is 1250. The number of nitrogens with one attached hydrogen (secondary N) is 1. The first-order valence-electron chi connectivity index (χ1n) is 10.4. The van der Waals surface area contributed by atoms with Crippen LogP contribution >= 0.6 is 0 Å². The maximum Gasteiger partial charge on any atom is 0.256 e. The number of sulfonamides is 1. The van der Waals surface area contributed by atoms with Crippen molar-refractivity contribution in [3.05, 3.63) is 47.3 Å². The molecule has 2 aromatic heterocycles. The maximum absolute atomic E-state index is 13.0. The second kappa shape index (κ2) is 8.05. The first-order chi connectivity index (χ1) is 14.7. The molecule has 9 heteroatoms. The van der Waals surface area contributed by atoms with Gasteiger partial charge in [0, 0.05) is 31.5 Å². The van der Waals surface area contributed by atoms with Crippen molar-refractivity contribution in [2.45, 2.75) is 38.5 Å². The summed E-state index contributed by atoms with van der Waals surface area (Å²) >= 11 is 0. The highest BCUT2D eigenvalue weighted by Crippen LogP contribution is 2.26. The lowest BCUT2D eigenvalue weighted by Gasteiger charge is -2.30. The zero-order valence-corrected chi connectivity index (χ0v) is 19.0. The molecular formula is C22H27N5O3S. The number of anilines is 1. The molecule has 1 unspecified atom stereocenters. The molecule has 164 valence electrons. The highest BCUT2D eigenvalue weighted by Gasteiger charge is 2.28. The third kappa shape index (κ3) is 4.07. The van der Waals surface area contributed by atoms with Gasteiger partial charge in [0.2, 0.25) is 10.0 Å². The number of carbonyl (C=O) groups excluding carboxylic acids is 1. The predicted octanol–water partition coefficient (Wildman–Crippen LogP) is 3.26. The number of pyridine rings is 1. The summed E-state index contributed by atoms with van der Waals surface area (Å²) in [6.07, 6.45) is 1.93. The molecule has 1 aliphatic rings. The zero-order chi connectivity index (χ0) is 22.3. The van der Waals surface area contributed by atoms with E-state index in [0.29, 0.717) is 41.3 Å². The standard InChI is InChI=1S/C22H27N5O3S/c1-14-6-5-11-27(13-14)31(29,30)18-9-7-17(8-10-18)24-22(28)19-12-15(2)23-21-20(19)16(3)25-26(21)4/h7-10,12,14H,5-6,11,13H2,1-4H3,(H,24,28). The maximum atomic E-state index is 13.0. The molecule has 0 bridgehead atoms. The van der Waals surface area contributed by atoms with Crippen LogP contribution in [0.25, 0.3) is 11.0 Å². The molecule has 0 aliphatic carbocycles. The molecule has 31 heavy (non-hydrogen) atoms. The van der Waals surface area contributed by atoms with Crippen LogP contribution in [0.2, 0.25) is 0 Å². The van der Waals surface area contributed by atoms with Crippen LogP contribution in [0.4, 0.5) is 5.69 Å². The van der Waals surface area contributed by atoms with Gasteiger partial charge in [-0.1, -0.05) is 6.92 Å². The predicted molar refractivity (Wildman–Crippen MR) is 120 cm³/mol. The summed E-state index contributed by atoms with van der Waals surface area (Å²) in [5.41, 5.74) is 3.12. The van der Waals surface area contributed by atoms with Crippen LogP contribution in [0.15, 0.2) is 35.2 Å². The van der Waals surface area contributed by atoms with Gasteiger partial charge in [0.05, 0.1) is 21.5 Å². The molecule has 0 saturated carbocycles. The summed E-state index contributed by atoms with van der Waals surface area (Å²) in [5.74, 6) is 0.0748. The number of hydrogen-bond donors (Lipinski definition) is 1. The van der Waals surface area contributed by atoms with E-state index < -0.39 is 10.0 Å². The van der Waals surface area contributed by atoms with E-state index in [9.17, 15) is 13.2 Å². The number of fused-ring (bicyclic) bond motifs is 1. The first kappa shape index (κ1) is 21.5. The minimum absolute atomic E-state index is 0.241. The summed E-state index contributed by atoms with van der Waals surface area (Å²) < 4.78 is 29.1. The van der Waals surface area contributed by atoms with E-state index in [1.54, 1.807) is 46.4 Å². The number of amides is 1. The molecule has 1 N–H and O–H groups in total. The van der Waals surface area contributed by atoms with Crippen LogP contribution in [-0.4, -0.2) is 46.5 Å². The van der Waals surface area contributed by atoms with Crippen molar-refractivity contribution in [1.82, 2.24) is 19.1 Å². The van der Waals surface area contributed by atoms with Gasteiger partial charge < -0.3 is 5.32 Å². The van der Waals surface area contributed by atoms with Crippen LogP contribution in [0, 0.1) is 19.8 Å². The zero-order valence-electron chi connectivity index (χ0n) is 18.2. The number of nitrogens with zero attached hydrogens (tertiary/aromatic N) is 4. The number of benzene rings is 1. The van der Waals surface area contributed by atoms with Crippen molar-refractivity contribution in [1.29, 1.82) is 0 Å². The quantitative estimate of drug-likeness (QED) is 0.670. The minimum atomic E-state index is -3.53. The smallest absolute Gasteiger partial charge is 0.256 e. The first-order valence-corrected chi connectivity index (χ1v) is 11.8. The molecule has 1 aliphatic heterocycles. The van der Waals surface area contributed by atoms with Crippen molar-refractivity contribution in [2.75, 3.05) is 18.4 Å². The van der Waals surface area contributed by atoms with Gasteiger partial charge in [0.15, 0.2) is 5.65 Å². The third-order valence-corrected chi connectivity index (χ3v) is 7.59. The summed E-state index contributed by atoms with van der Waals surface area (Å²) in [4.78, 5) is 17.7. The van der Waals surface area contributed by atoms with Crippen molar-refractivity contribution in [2.24, 2.45) is 13.0 Å². The topological polar surface area (TPSA) is 97.2 Å². The number of piperidine rings is 1. The summed E-state index contributed by atoms with van der Waals surface area (Å²) in [6.45, 7) is 6.84. The second-order valence-electron chi connectivity index (χ2n) is 8.31. The molecule has 1 aromatic carbocycles. The Hall–Kier alpha value is -2.78. The Labute approximate surface area is 182 Å². The molecule has 3 aromatic rings. The fraction of sp³-hybridized carbons (Fsp3) is 0.409. The van der Waals surface area contributed by atoms with Crippen molar-refractivity contribution < 1.29 is 13.2 Å². The molecule has 1 atom stereocenters. The lowest BCUT2D eigenvalue weighted by atomic mass is 10.0. The van der Waals surface area contributed by atoms with Crippen molar-refractivity contribution in [3.63, 3.8) is 0 Å². The highest BCUT2D eigenvalue weighted by atomic mass is 32.2. The largest absolute Gasteiger partial charge is 0.322 e. The van der Waals surface area contributed by atoms with Crippen LogP contribution in [0.5, 0.6) is 0 Å². The van der Waals surface area contributed by atoms with Gasteiger partial charge in [-0.2, -0.15) is 9.40 Å². The average Bonchev–Trinajstić information content (AvgIpc) is 3.01. The van der Waals surface area contributed by atoms with Gasteiger partial charge in [-0.25, -0.2) is 13.4 Å². The highest BCUT2D eigenvalue weighted by molar-refractivity contribution is 7.89. The molecular weight excluding hydrogens is 414 g/mol. The monoisotopic (exact) mass is 441 g/mol. The number of aromatic nitrogens is 3. The van der Waals surface area contributed by atoms with Crippen LogP contribution in [0.3, 0.4) is 0 Å². The fourth-order valence-electron chi connectivity index (χ4n) is 4.17. The van der Waals surface area contributed by atoms with E-state index >= 15 is 0 Å². The van der Waals surface area contributed by atoms with Crippen molar-refractivity contribution in [3.8, 4) is 0 Å². The Morgan fingerprint density at radius 1 is 1.19 bits per heavy atom. The van der Waals surface area contributed by atoms with Gasteiger partial charge in [0.25, 0.3) is 5.91 Å². The lowest BCUT2D eigenvalue weighted by Crippen LogP contribution is -2.39. The number of hydrogen-bond acceptors (Lipinski definition) is 5. The Morgan fingerprint density at radius 2 is 1.90 bits per heavy atom. The van der Waals surface area contributed by atoms with Crippen LogP contribution in [-0.2, 0) is 17.1 Å². The van der Waals surface area contributed by atoms with E-state index in [1.807, 2.05) is 13.8 Å². The van der Waals surface area contributed by atoms with E-state index in [1.165, 1.54) is 0 Å². The number of carbonyl (C=O) groups is 1. The third-order valence-electron chi connectivity index (χ3n) is 5.71. The Morgan fingerprint density at radius 3 is 2.58 bits per heavy atom. The molecule has 1 saturated heterocycles. The SMILES string of the molecule is Cc1cc(C(=O)Nc2ccc(S(=O)(=O)N3CCCC(C)C3)cc2)c2c(C)nn(C)c2n1. The van der Waals surface area contributed by atoms with E-state index in [4.69, 9.17) is 0 Å². The summed E-state index contributed by atoms with van der Waals surface area (Å²) in [7, 11) is -1.73. The normalized spacial score (nSPS) is 17.7. The van der Waals surface area contributed by atoms with E-state index in [-0.39, 0.29) is 10.8 Å². The molecule has 1 fully saturated rings. The molecule has 4 rings (SSSR count). The van der Waals surface area contributed by atoms with Gasteiger partial charge in [-0.3, -0.25) is 9.48 Å². The van der Waals surface area contributed by atoms with E-state index in [0.717, 1.165) is 24.2 Å². The van der Waals surface area contributed by atoms with Crippen molar-refractivity contribution >= 4 is 32.7 Å². The van der Waals surface area contributed by atoms with Gasteiger partial charge in [0.1, 0.15) is 0 Å². The Balaban J connectivity index is 1.57. The number of rotatable bonds is 4. The number of aryl methyl sites for hydroxylation is 3. The summed E-state index contributed by atoms with van der Waals surface area (Å²) in [5, 5.41) is 7.95. The fourth-order valence-corrected chi connectivity index (χ4v) is 5.77. The van der Waals surface area contributed by atoms with Gasteiger partial charge >= 0.3 is 0 Å². The average molecular weight is 442 g/mol. The molecule has 0 spiro atoms. The van der Waals surface area contributed by atoms with E-state index in [2.05, 4.69) is 22.3 Å². The molecule has 0 radical (unpaired) electrons. The van der Waals surface area contributed by atoms with Gasteiger partial charge in [-0.05, 0) is 62.9 Å².